The maximum Gasteiger partial charge on any atom is 0.311 e. The highest BCUT2D eigenvalue weighted by Gasteiger charge is 2.33. The van der Waals surface area contributed by atoms with Crippen LogP contribution in [0.5, 0.6) is 5.75 Å². The van der Waals surface area contributed by atoms with Crippen molar-refractivity contribution in [2.24, 2.45) is 5.92 Å². The van der Waals surface area contributed by atoms with Gasteiger partial charge in [-0.05, 0) is 37.6 Å². The minimum absolute atomic E-state index is 0.00110. The van der Waals surface area contributed by atoms with Gasteiger partial charge in [0.25, 0.3) is 0 Å². The summed E-state index contributed by atoms with van der Waals surface area (Å²) in [7, 11) is 1.44. The Balaban J connectivity index is 1.40. The number of carbonyl (C=O) groups excluding carboxylic acids is 1. The van der Waals surface area contributed by atoms with Crippen LogP contribution in [0.3, 0.4) is 0 Å². The monoisotopic (exact) mass is 440 g/mol. The predicted molar refractivity (Wildman–Crippen MR) is 118 cm³/mol. The Morgan fingerprint density at radius 1 is 1.19 bits per heavy atom. The van der Waals surface area contributed by atoms with Gasteiger partial charge < -0.3 is 9.47 Å². The Hall–Kier alpha value is -2.90. The van der Waals surface area contributed by atoms with Crippen LogP contribution < -0.4 is 4.74 Å². The van der Waals surface area contributed by atoms with Gasteiger partial charge in [-0.15, -0.1) is 5.10 Å². The van der Waals surface area contributed by atoms with E-state index in [1.54, 1.807) is 4.68 Å². The lowest BCUT2D eigenvalue weighted by molar-refractivity contribution is -0.151. The number of benzene rings is 2. The van der Waals surface area contributed by atoms with Crippen LogP contribution in [0.1, 0.15) is 19.4 Å². The van der Waals surface area contributed by atoms with Gasteiger partial charge in [-0.1, -0.05) is 41.1 Å². The fourth-order valence-electron chi connectivity index (χ4n) is 3.56. The molecule has 0 amide bonds. The molecule has 1 fully saturated rings. The van der Waals surface area contributed by atoms with Crippen molar-refractivity contribution in [2.75, 3.05) is 20.2 Å². The van der Waals surface area contributed by atoms with Crippen LogP contribution in [-0.2, 0) is 16.1 Å². The zero-order valence-corrected chi connectivity index (χ0v) is 18.5. The van der Waals surface area contributed by atoms with Crippen LogP contribution in [0.15, 0.2) is 48.7 Å². The first-order valence-corrected chi connectivity index (χ1v) is 10.6. The smallest absolute Gasteiger partial charge is 0.311 e. The van der Waals surface area contributed by atoms with Crippen molar-refractivity contribution < 1.29 is 14.3 Å². The third kappa shape index (κ3) is 4.89. The minimum Gasteiger partial charge on any atom is -0.489 e. The van der Waals surface area contributed by atoms with E-state index in [9.17, 15) is 4.79 Å². The highest BCUT2D eigenvalue weighted by Crippen LogP contribution is 2.28. The lowest BCUT2D eigenvalue weighted by atomic mass is 9.99. The van der Waals surface area contributed by atoms with Gasteiger partial charge in [0.05, 0.1) is 36.0 Å². The summed E-state index contributed by atoms with van der Waals surface area (Å²) in [4.78, 5) is 13.7. The second-order valence-corrected chi connectivity index (χ2v) is 8.35. The molecule has 31 heavy (non-hydrogen) atoms. The molecule has 3 aromatic rings. The summed E-state index contributed by atoms with van der Waals surface area (Å²) in [5, 5.41) is 9.07. The molecule has 0 bridgehead atoms. The van der Waals surface area contributed by atoms with Gasteiger partial charge in [0.2, 0.25) is 0 Å². The number of aromatic nitrogens is 3. The number of ether oxygens (including phenoxy) is 2. The van der Waals surface area contributed by atoms with E-state index >= 15 is 0 Å². The maximum absolute atomic E-state index is 11.5. The Bertz CT molecular complexity index is 1060. The molecule has 0 radical (unpaired) electrons. The maximum atomic E-state index is 11.5. The fourth-order valence-corrected chi connectivity index (χ4v) is 3.78. The van der Waals surface area contributed by atoms with Gasteiger partial charge >= 0.3 is 5.97 Å². The van der Waals surface area contributed by atoms with E-state index in [1.165, 1.54) is 12.7 Å². The number of rotatable bonds is 7. The topological polar surface area (TPSA) is 69.5 Å². The Kier molecular flexibility index (Phi) is 6.25. The molecule has 1 saturated heterocycles. The normalized spacial score (nSPS) is 14.5. The molecular formula is C23H25ClN4O3. The van der Waals surface area contributed by atoms with Crippen molar-refractivity contribution >= 4 is 17.6 Å². The van der Waals surface area contributed by atoms with Crippen molar-refractivity contribution in [3.05, 3.63) is 59.2 Å². The van der Waals surface area contributed by atoms with Crippen LogP contribution in [-0.4, -0.2) is 52.2 Å². The third-order valence-corrected chi connectivity index (χ3v) is 5.48. The van der Waals surface area contributed by atoms with Crippen LogP contribution in [0.25, 0.3) is 16.9 Å². The van der Waals surface area contributed by atoms with E-state index in [-0.39, 0.29) is 18.0 Å². The zero-order chi connectivity index (χ0) is 22.0. The number of carbonyl (C=O) groups is 1. The van der Waals surface area contributed by atoms with E-state index in [0.717, 1.165) is 36.6 Å². The summed E-state index contributed by atoms with van der Waals surface area (Å²) >= 11 is 6.34. The number of halogens is 1. The number of methoxy groups -OCH3 is 1. The van der Waals surface area contributed by atoms with Crippen molar-refractivity contribution in [3.8, 4) is 22.7 Å². The second kappa shape index (κ2) is 9.08. The Morgan fingerprint density at radius 2 is 1.94 bits per heavy atom. The second-order valence-electron chi connectivity index (χ2n) is 7.94. The van der Waals surface area contributed by atoms with E-state index in [4.69, 9.17) is 21.1 Å². The number of hydrogen-bond donors (Lipinski definition) is 0. The third-order valence-electron chi connectivity index (χ3n) is 5.18. The fraction of sp³-hybridized carbons (Fsp3) is 0.348. The molecule has 2 aromatic carbocycles. The molecule has 1 aliphatic heterocycles. The van der Waals surface area contributed by atoms with Crippen LogP contribution in [0.4, 0.5) is 0 Å². The first-order chi connectivity index (χ1) is 14.9. The van der Waals surface area contributed by atoms with Crippen molar-refractivity contribution in [2.45, 2.75) is 26.5 Å². The number of esters is 1. The molecule has 4 rings (SSSR count). The molecule has 1 aromatic heterocycles. The van der Waals surface area contributed by atoms with Gasteiger partial charge in [-0.25, -0.2) is 4.68 Å². The van der Waals surface area contributed by atoms with Crippen molar-refractivity contribution in [1.29, 1.82) is 0 Å². The average molecular weight is 441 g/mol. The summed E-state index contributed by atoms with van der Waals surface area (Å²) < 4.78 is 12.2. The Labute approximate surface area is 186 Å². The first-order valence-electron chi connectivity index (χ1n) is 10.2. The highest BCUT2D eigenvalue weighted by molar-refractivity contribution is 6.32. The number of hydrogen-bond acceptors (Lipinski definition) is 6. The van der Waals surface area contributed by atoms with E-state index in [0.29, 0.717) is 10.8 Å². The van der Waals surface area contributed by atoms with E-state index in [2.05, 4.69) is 27.3 Å². The van der Waals surface area contributed by atoms with Gasteiger partial charge in [0.1, 0.15) is 11.4 Å². The largest absolute Gasteiger partial charge is 0.489 e. The SMILES string of the molecule is COC(=O)C1CN(Cc2ccc(-c3cn(-c4ccc(OC(C)C)c(Cl)c4)nn3)cc2)C1. The molecule has 0 atom stereocenters. The van der Waals surface area contributed by atoms with E-state index < -0.39 is 0 Å². The van der Waals surface area contributed by atoms with E-state index in [1.807, 2.05) is 50.4 Å². The molecule has 8 heteroatoms. The molecule has 2 heterocycles. The summed E-state index contributed by atoms with van der Waals surface area (Å²) in [6, 6.07) is 13.8. The summed E-state index contributed by atoms with van der Waals surface area (Å²) in [5.41, 5.74) is 3.76. The summed E-state index contributed by atoms with van der Waals surface area (Å²) in [5.74, 6) is 0.522. The summed E-state index contributed by atoms with van der Waals surface area (Å²) in [6.45, 7) is 6.21. The zero-order valence-electron chi connectivity index (χ0n) is 17.8. The average Bonchev–Trinajstić information content (AvgIpc) is 3.22. The van der Waals surface area contributed by atoms with Crippen LogP contribution in [0.2, 0.25) is 5.02 Å². The molecule has 0 saturated carbocycles. The molecule has 1 aliphatic rings. The number of nitrogens with zero attached hydrogens (tertiary/aromatic N) is 4. The van der Waals surface area contributed by atoms with Crippen LogP contribution >= 0.6 is 11.6 Å². The Morgan fingerprint density at radius 3 is 2.58 bits per heavy atom. The standard InChI is InChI=1S/C23H25ClN4O3/c1-15(2)31-22-9-8-19(10-20(22)24)28-14-21(25-26-28)17-6-4-16(5-7-17)11-27-12-18(13-27)23(29)30-3/h4-10,14-15,18H,11-13H2,1-3H3. The molecule has 0 unspecified atom stereocenters. The van der Waals surface area contributed by atoms with Crippen LogP contribution in [0, 0.1) is 5.92 Å². The summed E-state index contributed by atoms with van der Waals surface area (Å²) in [6.07, 6.45) is 1.93. The molecule has 0 spiro atoms. The molecular weight excluding hydrogens is 416 g/mol. The van der Waals surface area contributed by atoms with Gasteiger partial charge in [0.15, 0.2) is 0 Å². The first kappa shape index (κ1) is 21.3. The van der Waals surface area contributed by atoms with Gasteiger partial charge in [-0.2, -0.15) is 0 Å². The van der Waals surface area contributed by atoms with Crippen molar-refractivity contribution in [3.63, 3.8) is 0 Å². The molecule has 0 N–H and O–H groups in total. The van der Waals surface area contributed by atoms with Crippen molar-refractivity contribution in [1.82, 2.24) is 19.9 Å². The molecule has 0 aliphatic carbocycles. The lowest BCUT2D eigenvalue weighted by Crippen LogP contribution is -2.49. The quantitative estimate of drug-likeness (QED) is 0.517. The highest BCUT2D eigenvalue weighted by atomic mass is 35.5. The number of likely N-dealkylation sites (tertiary alicyclic amines) is 1. The minimum atomic E-state index is -0.127. The molecule has 162 valence electrons. The van der Waals surface area contributed by atoms with Gasteiger partial charge in [-0.3, -0.25) is 9.69 Å². The van der Waals surface area contributed by atoms with Gasteiger partial charge in [0, 0.05) is 25.2 Å². The predicted octanol–water partition coefficient (Wildman–Crippen LogP) is 3.98. The lowest BCUT2D eigenvalue weighted by Gasteiger charge is -2.37. The molecule has 7 nitrogen and oxygen atoms in total.